The van der Waals surface area contributed by atoms with E-state index < -0.39 is 0 Å². The number of amides is 3. The van der Waals surface area contributed by atoms with Crippen LogP contribution >= 0.6 is 0 Å². The minimum Gasteiger partial charge on any atom is -0.492 e. The van der Waals surface area contributed by atoms with Crippen LogP contribution in [0.3, 0.4) is 0 Å². The summed E-state index contributed by atoms with van der Waals surface area (Å²) in [5.41, 5.74) is 5.25. The first-order valence-corrected chi connectivity index (χ1v) is 13.1. The molecule has 9 nitrogen and oxygen atoms in total. The number of imide groups is 1. The van der Waals surface area contributed by atoms with Gasteiger partial charge in [-0.25, -0.2) is 0 Å². The number of H-pyrrole nitrogens is 1. The summed E-state index contributed by atoms with van der Waals surface area (Å²) in [6, 6.07) is 10.4. The molecular formula is C28H29N5O4. The predicted octanol–water partition coefficient (Wildman–Crippen LogP) is 2.50. The number of aromatic nitrogens is 2. The van der Waals surface area contributed by atoms with Gasteiger partial charge in [-0.15, -0.1) is 0 Å². The number of rotatable bonds is 4. The zero-order valence-corrected chi connectivity index (χ0v) is 20.6. The number of carbonyl (C=O) groups excluding carboxylic acids is 3. The molecule has 1 spiro atoms. The average molecular weight is 500 g/mol. The van der Waals surface area contributed by atoms with Gasteiger partial charge in [-0.05, 0) is 55.6 Å². The fraction of sp³-hybridized carbons (Fsp3) is 0.429. The van der Waals surface area contributed by atoms with Crippen molar-refractivity contribution in [3.8, 4) is 5.75 Å². The van der Waals surface area contributed by atoms with Crippen LogP contribution in [-0.2, 0) is 28.1 Å². The molecule has 2 fully saturated rings. The van der Waals surface area contributed by atoms with Crippen LogP contribution in [0.15, 0.2) is 36.5 Å². The van der Waals surface area contributed by atoms with E-state index in [4.69, 9.17) is 4.74 Å². The van der Waals surface area contributed by atoms with Crippen LogP contribution in [0.2, 0.25) is 0 Å². The number of hydrogen-bond donors (Lipinski definition) is 2. The van der Waals surface area contributed by atoms with Gasteiger partial charge in [-0.3, -0.25) is 29.7 Å². The van der Waals surface area contributed by atoms with Crippen LogP contribution in [0, 0.1) is 5.92 Å². The normalized spacial score (nSPS) is 22.9. The Morgan fingerprint density at radius 2 is 2.00 bits per heavy atom. The number of ether oxygens (including phenoxy) is 1. The summed E-state index contributed by atoms with van der Waals surface area (Å²) in [4.78, 5) is 41.1. The van der Waals surface area contributed by atoms with Gasteiger partial charge in [0.25, 0.3) is 5.91 Å². The van der Waals surface area contributed by atoms with Crippen molar-refractivity contribution in [2.45, 2.75) is 44.2 Å². The lowest BCUT2D eigenvalue weighted by molar-refractivity contribution is -0.136. The zero-order chi connectivity index (χ0) is 25.1. The van der Waals surface area contributed by atoms with Crippen LogP contribution in [0.25, 0.3) is 10.9 Å². The zero-order valence-electron chi connectivity index (χ0n) is 20.6. The average Bonchev–Trinajstić information content (AvgIpc) is 3.59. The molecule has 0 saturated carbocycles. The molecule has 5 heterocycles. The van der Waals surface area contributed by atoms with Gasteiger partial charge in [0, 0.05) is 48.0 Å². The lowest BCUT2D eigenvalue weighted by atomic mass is 9.74. The highest BCUT2D eigenvalue weighted by molar-refractivity contribution is 6.01. The Kier molecular flexibility index (Phi) is 5.11. The molecule has 2 saturated heterocycles. The first-order valence-electron chi connectivity index (χ1n) is 13.1. The van der Waals surface area contributed by atoms with Crippen molar-refractivity contribution in [1.29, 1.82) is 0 Å². The first-order chi connectivity index (χ1) is 18.0. The molecule has 7 rings (SSSR count). The SMILES string of the molecule is O=C1CCC(CN2Cc3cc4c(cc3C2=O)OCC42CCN(Cc3cccc4cn[nH]c34)CC2)C(=O)N1. The molecule has 0 radical (unpaired) electrons. The van der Waals surface area contributed by atoms with E-state index in [2.05, 4.69) is 44.7 Å². The molecule has 3 amide bonds. The third-order valence-corrected chi connectivity index (χ3v) is 8.72. The smallest absolute Gasteiger partial charge is 0.254 e. The molecule has 37 heavy (non-hydrogen) atoms. The summed E-state index contributed by atoms with van der Waals surface area (Å²) in [5, 5.41) is 10.9. The number of aromatic amines is 1. The van der Waals surface area contributed by atoms with E-state index in [1.54, 1.807) is 4.90 Å². The van der Waals surface area contributed by atoms with Gasteiger partial charge in [0.2, 0.25) is 11.8 Å². The van der Waals surface area contributed by atoms with E-state index in [1.165, 1.54) is 11.1 Å². The van der Waals surface area contributed by atoms with E-state index in [0.29, 0.717) is 38.1 Å². The fourth-order valence-electron chi connectivity index (χ4n) is 6.51. The monoisotopic (exact) mass is 499 g/mol. The predicted molar refractivity (Wildman–Crippen MR) is 135 cm³/mol. The Hall–Kier alpha value is -3.72. The second kappa shape index (κ2) is 8.41. The number of nitrogens with zero attached hydrogens (tertiary/aromatic N) is 3. The van der Waals surface area contributed by atoms with Gasteiger partial charge >= 0.3 is 0 Å². The van der Waals surface area contributed by atoms with Crippen molar-refractivity contribution in [2.75, 3.05) is 26.2 Å². The molecule has 2 N–H and O–H groups in total. The first kappa shape index (κ1) is 22.5. The van der Waals surface area contributed by atoms with Crippen molar-refractivity contribution >= 4 is 28.6 Å². The van der Waals surface area contributed by atoms with Gasteiger partial charge in [-0.1, -0.05) is 18.2 Å². The van der Waals surface area contributed by atoms with E-state index in [-0.39, 0.29) is 29.1 Å². The lowest BCUT2D eigenvalue weighted by Crippen LogP contribution is -2.45. The summed E-state index contributed by atoms with van der Waals surface area (Å²) in [5.74, 6) is -0.0938. The van der Waals surface area contributed by atoms with Gasteiger partial charge in [0.1, 0.15) is 5.75 Å². The number of piperidine rings is 2. The molecule has 4 aliphatic heterocycles. The van der Waals surface area contributed by atoms with Crippen LogP contribution in [-0.4, -0.2) is 64.0 Å². The number of hydrogen-bond acceptors (Lipinski definition) is 6. The molecule has 0 aliphatic carbocycles. The standard InChI is InChI=1S/C28H29N5O4/c34-24-5-4-19(26(35)30-24)14-33-15-20-10-22-23(11-21(20)27(33)36)37-16-28(22)6-8-32(9-7-28)13-18-3-1-2-17-12-29-31-25(17)18/h1-3,10-12,19H,4-9,13-16H2,(H,29,31)(H,30,34,35). The van der Waals surface area contributed by atoms with Crippen LogP contribution in [0.5, 0.6) is 5.75 Å². The maximum Gasteiger partial charge on any atom is 0.254 e. The van der Waals surface area contributed by atoms with Crippen LogP contribution in [0.4, 0.5) is 0 Å². The van der Waals surface area contributed by atoms with Crippen molar-refractivity contribution in [2.24, 2.45) is 5.92 Å². The summed E-state index contributed by atoms with van der Waals surface area (Å²) in [6.45, 7) is 4.33. The van der Waals surface area contributed by atoms with E-state index >= 15 is 0 Å². The summed E-state index contributed by atoms with van der Waals surface area (Å²) in [6.07, 6.45) is 4.69. The van der Waals surface area contributed by atoms with Gasteiger partial charge in [0.15, 0.2) is 0 Å². The maximum atomic E-state index is 13.2. The molecule has 2 aromatic carbocycles. The van der Waals surface area contributed by atoms with E-state index in [0.717, 1.165) is 54.7 Å². The molecule has 4 aliphatic rings. The Morgan fingerprint density at radius 1 is 1.14 bits per heavy atom. The third kappa shape index (κ3) is 3.71. The number of para-hydroxylation sites is 1. The highest BCUT2D eigenvalue weighted by atomic mass is 16.5. The summed E-state index contributed by atoms with van der Waals surface area (Å²) >= 11 is 0. The van der Waals surface area contributed by atoms with Crippen LogP contribution in [0.1, 0.15) is 52.7 Å². The highest BCUT2D eigenvalue weighted by Gasteiger charge is 2.45. The number of nitrogens with one attached hydrogen (secondary N) is 2. The van der Waals surface area contributed by atoms with Crippen molar-refractivity contribution in [3.05, 3.63) is 58.8 Å². The largest absolute Gasteiger partial charge is 0.492 e. The molecule has 1 aromatic heterocycles. The Labute approximate surface area is 214 Å². The molecular weight excluding hydrogens is 470 g/mol. The maximum absolute atomic E-state index is 13.2. The Morgan fingerprint density at radius 3 is 2.84 bits per heavy atom. The second-order valence-corrected chi connectivity index (χ2v) is 10.9. The number of fused-ring (bicyclic) bond motifs is 4. The number of benzene rings is 2. The molecule has 9 heteroatoms. The lowest BCUT2D eigenvalue weighted by Gasteiger charge is -2.38. The Balaban J connectivity index is 1.06. The molecule has 0 bridgehead atoms. The molecule has 190 valence electrons. The quantitative estimate of drug-likeness (QED) is 0.534. The molecule has 3 aromatic rings. The number of carbonyl (C=O) groups is 3. The third-order valence-electron chi connectivity index (χ3n) is 8.72. The van der Waals surface area contributed by atoms with E-state index in [1.807, 2.05) is 12.3 Å². The summed E-state index contributed by atoms with van der Waals surface area (Å²) < 4.78 is 6.18. The molecule has 1 unspecified atom stereocenters. The number of likely N-dealkylation sites (tertiary alicyclic amines) is 1. The van der Waals surface area contributed by atoms with Gasteiger partial charge in [0.05, 0.1) is 24.2 Å². The Bertz CT molecular complexity index is 1440. The highest BCUT2D eigenvalue weighted by Crippen LogP contribution is 2.47. The fourth-order valence-corrected chi connectivity index (χ4v) is 6.51. The van der Waals surface area contributed by atoms with Gasteiger partial charge < -0.3 is 9.64 Å². The van der Waals surface area contributed by atoms with Crippen LogP contribution < -0.4 is 10.1 Å². The second-order valence-electron chi connectivity index (χ2n) is 10.9. The molecule has 1 atom stereocenters. The minimum atomic E-state index is -0.345. The summed E-state index contributed by atoms with van der Waals surface area (Å²) in [7, 11) is 0. The van der Waals surface area contributed by atoms with Crippen molar-refractivity contribution in [3.63, 3.8) is 0 Å². The van der Waals surface area contributed by atoms with Crippen molar-refractivity contribution in [1.82, 2.24) is 25.3 Å². The van der Waals surface area contributed by atoms with E-state index in [9.17, 15) is 14.4 Å². The topological polar surface area (TPSA) is 108 Å². The van der Waals surface area contributed by atoms with Gasteiger partial charge in [-0.2, -0.15) is 5.10 Å². The minimum absolute atomic E-state index is 0.0268. The van der Waals surface area contributed by atoms with Crippen molar-refractivity contribution < 1.29 is 19.1 Å².